The van der Waals surface area contributed by atoms with E-state index in [1.165, 1.54) is 0 Å². The molecule has 1 N–H and O–H groups in total. The van der Waals surface area contributed by atoms with Crippen LogP contribution >= 0.6 is 43.5 Å². The second-order valence-corrected chi connectivity index (χ2v) is 8.46. The molecule has 0 heterocycles. The van der Waals surface area contributed by atoms with E-state index in [1.807, 2.05) is 25.1 Å². The van der Waals surface area contributed by atoms with Gasteiger partial charge in [0, 0.05) is 20.6 Å². The Balaban J connectivity index is 1.77. The van der Waals surface area contributed by atoms with Crippen LogP contribution in [0.1, 0.15) is 21.5 Å². The van der Waals surface area contributed by atoms with Gasteiger partial charge in [-0.25, -0.2) is 0 Å². The molecule has 0 saturated heterocycles. The fraction of sp³-hybridized carbons (Fsp3) is 0.0909. The van der Waals surface area contributed by atoms with Gasteiger partial charge in [-0.05, 0) is 58.7 Å². The van der Waals surface area contributed by atoms with Gasteiger partial charge in [-0.15, -0.1) is 0 Å². The Kier molecular flexibility index (Phi) is 7.11. The van der Waals surface area contributed by atoms with Gasteiger partial charge in [0.25, 0.3) is 5.91 Å². The average Bonchev–Trinajstić information content (AvgIpc) is 2.68. The number of rotatable bonds is 6. The molecule has 0 radical (unpaired) electrons. The highest BCUT2D eigenvalue weighted by Gasteiger charge is 2.17. The lowest BCUT2D eigenvalue weighted by atomic mass is 10.0. The van der Waals surface area contributed by atoms with Crippen LogP contribution in [0.25, 0.3) is 0 Å². The standard InChI is InChI=1S/C22H16Br2ClNO3/c1-13-9-15(23)10-18(24)22(13)29-12-20(27)26-19-8-7-16(25)11-17(19)21(28)14-5-3-2-4-6-14/h2-11H,12H2,1H3,(H,26,27). The van der Waals surface area contributed by atoms with Gasteiger partial charge in [-0.2, -0.15) is 0 Å². The maximum Gasteiger partial charge on any atom is 0.262 e. The predicted octanol–water partition coefficient (Wildman–Crippen LogP) is 6.42. The monoisotopic (exact) mass is 535 g/mol. The minimum atomic E-state index is -0.386. The SMILES string of the molecule is Cc1cc(Br)cc(Br)c1OCC(=O)Nc1ccc(Cl)cc1C(=O)c1ccccc1. The van der Waals surface area contributed by atoms with Crippen LogP contribution in [0.2, 0.25) is 5.02 Å². The van der Waals surface area contributed by atoms with Crippen LogP contribution < -0.4 is 10.1 Å². The van der Waals surface area contributed by atoms with Crippen LogP contribution in [0.5, 0.6) is 5.75 Å². The molecule has 0 aromatic heterocycles. The molecule has 148 valence electrons. The number of nitrogens with one attached hydrogen (secondary N) is 1. The zero-order valence-electron chi connectivity index (χ0n) is 15.3. The zero-order chi connectivity index (χ0) is 21.0. The second-order valence-electron chi connectivity index (χ2n) is 6.26. The lowest BCUT2D eigenvalue weighted by Crippen LogP contribution is -2.22. The summed E-state index contributed by atoms with van der Waals surface area (Å²) < 4.78 is 7.32. The summed E-state index contributed by atoms with van der Waals surface area (Å²) in [7, 11) is 0. The van der Waals surface area contributed by atoms with E-state index < -0.39 is 0 Å². The maximum atomic E-state index is 12.8. The first-order valence-electron chi connectivity index (χ1n) is 8.62. The molecule has 3 aromatic carbocycles. The van der Waals surface area contributed by atoms with E-state index in [1.54, 1.807) is 42.5 Å². The van der Waals surface area contributed by atoms with Crippen molar-refractivity contribution in [1.29, 1.82) is 0 Å². The van der Waals surface area contributed by atoms with Gasteiger partial charge < -0.3 is 10.1 Å². The molecule has 3 aromatic rings. The van der Waals surface area contributed by atoms with Gasteiger partial charge in [0.2, 0.25) is 0 Å². The Labute approximate surface area is 190 Å². The molecule has 0 aliphatic carbocycles. The van der Waals surface area contributed by atoms with Crippen molar-refractivity contribution in [2.75, 3.05) is 11.9 Å². The lowest BCUT2D eigenvalue weighted by Gasteiger charge is -2.14. The number of carbonyl (C=O) groups is 2. The molecule has 7 heteroatoms. The first-order chi connectivity index (χ1) is 13.8. The minimum absolute atomic E-state index is 0.206. The van der Waals surface area contributed by atoms with E-state index in [9.17, 15) is 9.59 Å². The molecule has 4 nitrogen and oxygen atoms in total. The number of halogens is 3. The summed E-state index contributed by atoms with van der Waals surface area (Å²) in [5.74, 6) is -0.0282. The van der Waals surface area contributed by atoms with Gasteiger partial charge in [-0.1, -0.05) is 57.9 Å². The van der Waals surface area contributed by atoms with E-state index in [-0.39, 0.29) is 18.3 Å². The number of hydrogen-bond acceptors (Lipinski definition) is 3. The Morgan fingerprint density at radius 3 is 2.45 bits per heavy atom. The number of amides is 1. The molecule has 0 spiro atoms. The first-order valence-corrected chi connectivity index (χ1v) is 10.6. The lowest BCUT2D eigenvalue weighted by molar-refractivity contribution is -0.118. The van der Waals surface area contributed by atoms with Crippen LogP contribution in [0.3, 0.4) is 0 Å². The van der Waals surface area contributed by atoms with Crippen molar-refractivity contribution in [1.82, 2.24) is 0 Å². The Morgan fingerprint density at radius 2 is 1.76 bits per heavy atom. The summed E-state index contributed by atoms with van der Waals surface area (Å²) in [6.07, 6.45) is 0. The molecule has 0 unspecified atom stereocenters. The molecule has 0 bridgehead atoms. The van der Waals surface area contributed by atoms with Crippen molar-refractivity contribution in [3.05, 3.63) is 91.3 Å². The predicted molar refractivity (Wildman–Crippen MR) is 122 cm³/mol. The summed E-state index contributed by atoms with van der Waals surface area (Å²) in [4.78, 5) is 25.3. The molecule has 0 aliphatic rings. The number of ether oxygens (including phenoxy) is 1. The summed E-state index contributed by atoms with van der Waals surface area (Å²) in [6.45, 7) is 1.68. The molecule has 3 rings (SSSR count). The highest BCUT2D eigenvalue weighted by Crippen LogP contribution is 2.32. The summed E-state index contributed by atoms with van der Waals surface area (Å²) >= 11 is 12.9. The zero-order valence-corrected chi connectivity index (χ0v) is 19.3. The fourth-order valence-electron chi connectivity index (χ4n) is 2.75. The number of anilines is 1. The van der Waals surface area contributed by atoms with Gasteiger partial charge in [0.05, 0.1) is 10.2 Å². The Morgan fingerprint density at radius 1 is 1.03 bits per heavy atom. The first kappa shape index (κ1) is 21.6. The minimum Gasteiger partial charge on any atom is -0.482 e. The van der Waals surface area contributed by atoms with Gasteiger partial charge >= 0.3 is 0 Å². The molecule has 0 fully saturated rings. The van der Waals surface area contributed by atoms with Crippen LogP contribution in [-0.4, -0.2) is 18.3 Å². The van der Waals surface area contributed by atoms with Crippen molar-refractivity contribution in [2.45, 2.75) is 6.92 Å². The molecule has 29 heavy (non-hydrogen) atoms. The Hall–Kier alpha value is -2.15. The van der Waals surface area contributed by atoms with Gasteiger partial charge in [0.1, 0.15) is 5.75 Å². The van der Waals surface area contributed by atoms with Crippen molar-refractivity contribution >= 4 is 60.8 Å². The summed E-state index contributed by atoms with van der Waals surface area (Å²) in [5, 5.41) is 3.15. The third-order valence-corrected chi connectivity index (χ3v) is 5.36. The highest BCUT2D eigenvalue weighted by atomic mass is 79.9. The van der Waals surface area contributed by atoms with Gasteiger partial charge in [-0.3, -0.25) is 9.59 Å². The van der Waals surface area contributed by atoms with E-state index in [0.29, 0.717) is 27.6 Å². The molecule has 0 aliphatic heterocycles. The summed E-state index contributed by atoms with van der Waals surface area (Å²) in [5.41, 5.74) is 2.09. The molecular weight excluding hydrogens is 522 g/mol. The van der Waals surface area contributed by atoms with Gasteiger partial charge in [0.15, 0.2) is 12.4 Å². The normalized spacial score (nSPS) is 10.5. The van der Waals surface area contributed by atoms with Crippen LogP contribution in [-0.2, 0) is 4.79 Å². The third-order valence-electron chi connectivity index (χ3n) is 4.08. The molecule has 0 saturated carbocycles. The van der Waals surface area contributed by atoms with Crippen molar-refractivity contribution in [2.24, 2.45) is 0 Å². The maximum absolute atomic E-state index is 12.8. The van der Waals surface area contributed by atoms with E-state index in [4.69, 9.17) is 16.3 Å². The van der Waals surface area contributed by atoms with E-state index in [2.05, 4.69) is 37.2 Å². The van der Waals surface area contributed by atoms with Crippen molar-refractivity contribution < 1.29 is 14.3 Å². The molecular formula is C22H16Br2ClNO3. The Bertz CT molecular complexity index is 1050. The smallest absolute Gasteiger partial charge is 0.262 e. The van der Waals surface area contributed by atoms with Crippen LogP contribution in [0, 0.1) is 6.92 Å². The number of ketones is 1. The second kappa shape index (κ2) is 9.57. The van der Waals surface area contributed by atoms with E-state index >= 15 is 0 Å². The topological polar surface area (TPSA) is 55.4 Å². The van der Waals surface area contributed by atoms with Crippen LogP contribution in [0.15, 0.2) is 69.6 Å². The van der Waals surface area contributed by atoms with Crippen LogP contribution in [0.4, 0.5) is 5.69 Å². The number of benzene rings is 3. The molecule has 1 amide bonds. The highest BCUT2D eigenvalue weighted by molar-refractivity contribution is 9.11. The number of carbonyl (C=O) groups excluding carboxylic acids is 2. The van der Waals surface area contributed by atoms with E-state index in [0.717, 1.165) is 14.5 Å². The summed E-state index contributed by atoms with van der Waals surface area (Å²) in [6, 6.07) is 17.3. The average molecular weight is 538 g/mol. The third kappa shape index (κ3) is 5.47. The van der Waals surface area contributed by atoms with Crippen molar-refractivity contribution in [3.8, 4) is 5.75 Å². The molecule has 0 atom stereocenters. The number of aryl methyl sites for hydroxylation is 1. The number of hydrogen-bond donors (Lipinski definition) is 1. The largest absolute Gasteiger partial charge is 0.482 e. The fourth-order valence-corrected chi connectivity index (χ4v) is 4.48. The van der Waals surface area contributed by atoms with Crippen molar-refractivity contribution in [3.63, 3.8) is 0 Å². The quantitative estimate of drug-likeness (QED) is 0.369.